The van der Waals surface area contributed by atoms with E-state index in [9.17, 15) is 9.59 Å². The third-order valence-electron chi connectivity index (χ3n) is 8.06. The van der Waals surface area contributed by atoms with Crippen molar-refractivity contribution in [1.82, 2.24) is 0 Å². The quantitative estimate of drug-likeness (QED) is 0.318. The Hall–Kier alpha value is -4.26. The number of benzene rings is 3. The molecule has 0 fully saturated rings. The molecule has 3 atom stereocenters. The lowest BCUT2D eigenvalue weighted by Crippen LogP contribution is -2.38. The predicted octanol–water partition coefficient (Wildman–Crippen LogP) is 7.19. The van der Waals surface area contributed by atoms with E-state index in [-0.39, 0.29) is 23.7 Å². The Labute approximate surface area is 242 Å². The molecule has 2 aliphatic rings. The summed E-state index contributed by atoms with van der Waals surface area (Å²) in [6.07, 6.45) is 2.02. The number of anilines is 2. The van der Waals surface area contributed by atoms with Crippen LogP contribution in [0.25, 0.3) is 0 Å². The van der Waals surface area contributed by atoms with Gasteiger partial charge in [0, 0.05) is 29.7 Å². The smallest absolute Gasteiger partial charge is 0.227 e. The first kappa shape index (κ1) is 28.3. The molecule has 1 aliphatic heterocycles. The van der Waals surface area contributed by atoms with Crippen LogP contribution in [-0.4, -0.2) is 32.0 Å². The molecule has 0 saturated heterocycles. The average molecular weight is 555 g/mol. The molecule has 0 unspecified atom stereocenters. The van der Waals surface area contributed by atoms with E-state index < -0.39 is 6.04 Å². The third kappa shape index (κ3) is 5.41. The van der Waals surface area contributed by atoms with Crippen LogP contribution in [0.1, 0.15) is 69.5 Å². The van der Waals surface area contributed by atoms with Gasteiger partial charge >= 0.3 is 0 Å². The van der Waals surface area contributed by atoms with Gasteiger partial charge in [-0.3, -0.25) is 14.5 Å². The van der Waals surface area contributed by atoms with Gasteiger partial charge in [0.25, 0.3) is 0 Å². The molecule has 41 heavy (non-hydrogen) atoms. The van der Waals surface area contributed by atoms with Gasteiger partial charge in [-0.1, -0.05) is 50.2 Å². The summed E-state index contributed by atoms with van der Waals surface area (Å²) in [6, 6.07) is 20.7. The molecule has 3 aromatic rings. The normalized spacial score (nSPS) is 19.0. The summed E-state index contributed by atoms with van der Waals surface area (Å²) >= 11 is 0. The number of Topliss-reactive ketones (excluding diaryl/α,β-unsaturated/α-hetero) is 1. The number of fused-ring (bicyclic) bond motifs is 1. The molecule has 0 radical (unpaired) electrons. The van der Waals surface area contributed by atoms with E-state index in [4.69, 9.17) is 14.2 Å². The first-order valence-electron chi connectivity index (χ1n) is 14.3. The summed E-state index contributed by atoms with van der Waals surface area (Å²) in [5.41, 5.74) is 4.78. The molecule has 3 aromatic carbocycles. The number of nitrogens with one attached hydrogen (secondary N) is 1. The topological polar surface area (TPSA) is 77.1 Å². The number of nitrogens with zero attached hydrogens (tertiary/aromatic N) is 1. The van der Waals surface area contributed by atoms with Gasteiger partial charge in [0.15, 0.2) is 17.3 Å². The molecule has 1 heterocycles. The van der Waals surface area contributed by atoms with Crippen LogP contribution in [0.4, 0.5) is 11.4 Å². The summed E-state index contributed by atoms with van der Waals surface area (Å²) in [4.78, 5) is 29.8. The molecule has 214 valence electrons. The van der Waals surface area contributed by atoms with Gasteiger partial charge < -0.3 is 19.5 Å². The lowest BCUT2D eigenvalue weighted by molar-refractivity contribution is -0.119. The maximum absolute atomic E-state index is 14.3. The van der Waals surface area contributed by atoms with Crippen molar-refractivity contribution in [3.63, 3.8) is 0 Å². The Kier molecular flexibility index (Phi) is 8.34. The van der Waals surface area contributed by atoms with Crippen molar-refractivity contribution < 1.29 is 23.8 Å². The SMILES string of the molecule is CCC(=O)N1c2ccccc2NC2=C(C(=O)C[C@H](c3ccc(OC)c(OC)c3)C2)[C@H]1c1ccccc1O[C@H](C)CC. The van der Waals surface area contributed by atoms with Gasteiger partial charge in [-0.05, 0) is 61.6 Å². The zero-order valence-electron chi connectivity index (χ0n) is 24.4. The van der Waals surface area contributed by atoms with Gasteiger partial charge in [0.1, 0.15) is 5.75 Å². The fraction of sp³-hybridized carbons (Fsp3) is 0.353. The molecular formula is C34H38N2O5. The largest absolute Gasteiger partial charge is 0.493 e. The Morgan fingerprint density at radius 2 is 1.68 bits per heavy atom. The monoisotopic (exact) mass is 554 g/mol. The molecule has 0 spiro atoms. The molecular weight excluding hydrogens is 516 g/mol. The van der Waals surface area contributed by atoms with Gasteiger partial charge in [0.05, 0.1) is 37.7 Å². The fourth-order valence-electron chi connectivity index (χ4n) is 5.79. The second-order valence-corrected chi connectivity index (χ2v) is 10.6. The van der Waals surface area contributed by atoms with Gasteiger partial charge in [0.2, 0.25) is 5.91 Å². The highest BCUT2D eigenvalue weighted by atomic mass is 16.5. The Bertz CT molecular complexity index is 1480. The number of carbonyl (C=O) groups excluding carboxylic acids is 2. The highest BCUT2D eigenvalue weighted by Crippen LogP contribution is 2.49. The molecule has 7 nitrogen and oxygen atoms in total. The van der Waals surface area contributed by atoms with E-state index in [1.807, 2.05) is 80.6 Å². The number of methoxy groups -OCH3 is 2. The Balaban J connectivity index is 1.69. The summed E-state index contributed by atoms with van der Waals surface area (Å²) in [5, 5.41) is 3.59. The lowest BCUT2D eigenvalue weighted by Gasteiger charge is -2.36. The van der Waals surface area contributed by atoms with E-state index in [1.165, 1.54) is 0 Å². The van der Waals surface area contributed by atoms with Crippen LogP contribution in [0.3, 0.4) is 0 Å². The number of ether oxygens (including phenoxy) is 3. The minimum atomic E-state index is -0.632. The van der Waals surface area contributed by atoms with Crippen molar-refractivity contribution in [2.45, 2.75) is 64.5 Å². The van der Waals surface area contributed by atoms with Gasteiger partial charge in [-0.2, -0.15) is 0 Å². The Morgan fingerprint density at radius 1 is 0.951 bits per heavy atom. The maximum atomic E-state index is 14.3. The van der Waals surface area contributed by atoms with Crippen molar-refractivity contribution in [2.75, 3.05) is 24.4 Å². The number of allylic oxidation sites excluding steroid dienone is 1. The number of rotatable bonds is 8. The predicted molar refractivity (Wildman–Crippen MR) is 161 cm³/mol. The zero-order valence-corrected chi connectivity index (χ0v) is 24.4. The summed E-state index contributed by atoms with van der Waals surface area (Å²) in [6.45, 7) is 5.96. The van der Waals surface area contributed by atoms with E-state index in [2.05, 4.69) is 12.2 Å². The molecule has 1 aliphatic carbocycles. The molecule has 0 saturated carbocycles. The van der Waals surface area contributed by atoms with Crippen molar-refractivity contribution in [3.8, 4) is 17.2 Å². The number of hydrogen-bond donors (Lipinski definition) is 1. The van der Waals surface area contributed by atoms with E-state index >= 15 is 0 Å². The highest BCUT2D eigenvalue weighted by Gasteiger charge is 2.42. The minimum absolute atomic E-state index is 0.00332. The number of hydrogen-bond acceptors (Lipinski definition) is 6. The summed E-state index contributed by atoms with van der Waals surface area (Å²) < 4.78 is 17.4. The van der Waals surface area contributed by atoms with Crippen LogP contribution in [0, 0.1) is 0 Å². The molecule has 7 heteroatoms. The highest BCUT2D eigenvalue weighted by molar-refractivity contribution is 6.06. The first-order chi connectivity index (χ1) is 19.9. The molecule has 0 bridgehead atoms. The van der Waals surface area contributed by atoms with Crippen LogP contribution in [0.5, 0.6) is 17.2 Å². The number of amides is 1. The standard InChI is InChI=1S/C34H38N2O5/c1-6-21(3)41-29-15-11-8-12-24(29)34-33-26(35-25-13-9-10-14-27(25)36(34)32(38)7-2)18-23(19-28(33)37)22-16-17-30(39-4)31(20-22)40-5/h8-17,20-21,23,34-35H,6-7,18-19H2,1-5H3/t21-,23-,34-/m1/s1. The van der Waals surface area contributed by atoms with E-state index in [1.54, 1.807) is 19.1 Å². The first-order valence-corrected chi connectivity index (χ1v) is 14.3. The van der Waals surface area contributed by atoms with Gasteiger partial charge in [-0.25, -0.2) is 0 Å². The fourth-order valence-corrected chi connectivity index (χ4v) is 5.79. The summed E-state index contributed by atoms with van der Waals surface area (Å²) in [7, 11) is 3.22. The minimum Gasteiger partial charge on any atom is -0.493 e. The number of carbonyl (C=O) groups is 2. The van der Waals surface area contributed by atoms with Crippen LogP contribution >= 0.6 is 0 Å². The van der Waals surface area contributed by atoms with Crippen LogP contribution < -0.4 is 24.4 Å². The molecule has 5 rings (SSSR count). The van der Waals surface area contributed by atoms with Crippen molar-refractivity contribution >= 4 is 23.1 Å². The Morgan fingerprint density at radius 3 is 2.41 bits per heavy atom. The molecule has 0 aromatic heterocycles. The van der Waals surface area contributed by atoms with Crippen molar-refractivity contribution in [3.05, 3.63) is 89.1 Å². The lowest BCUT2D eigenvalue weighted by atomic mass is 9.78. The van der Waals surface area contributed by atoms with E-state index in [0.717, 1.165) is 34.6 Å². The van der Waals surface area contributed by atoms with Crippen molar-refractivity contribution in [2.24, 2.45) is 0 Å². The van der Waals surface area contributed by atoms with E-state index in [0.29, 0.717) is 42.1 Å². The number of para-hydroxylation sites is 3. The third-order valence-corrected chi connectivity index (χ3v) is 8.06. The second-order valence-electron chi connectivity index (χ2n) is 10.6. The zero-order chi connectivity index (χ0) is 29.1. The van der Waals surface area contributed by atoms with Crippen LogP contribution in [0.2, 0.25) is 0 Å². The maximum Gasteiger partial charge on any atom is 0.227 e. The number of ketones is 1. The van der Waals surface area contributed by atoms with Crippen molar-refractivity contribution in [1.29, 1.82) is 0 Å². The molecule has 1 amide bonds. The summed E-state index contributed by atoms with van der Waals surface area (Å²) in [5.74, 6) is 1.83. The molecule has 1 N–H and O–H groups in total. The van der Waals surface area contributed by atoms with Gasteiger partial charge in [-0.15, -0.1) is 0 Å². The van der Waals surface area contributed by atoms with Crippen LogP contribution in [0.15, 0.2) is 78.0 Å². The second kappa shape index (κ2) is 12.1. The van der Waals surface area contributed by atoms with Crippen LogP contribution in [-0.2, 0) is 9.59 Å². The average Bonchev–Trinajstić information content (AvgIpc) is 3.15.